The van der Waals surface area contributed by atoms with Crippen molar-refractivity contribution in [2.75, 3.05) is 13.1 Å². The summed E-state index contributed by atoms with van der Waals surface area (Å²) in [5.74, 6) is 0.876. The van der Waals surface area contributed by atoms with Gasteiger partial charge in [0, 0.05) is 24.6 Å². The van der Waals surface area contributed by atoms with Gasteiger partial charge < -0.3 is 4.90 Å². The van der Waals surface area contributed by atoms with Crippen LogP contribution < -0.4 is 0 Å². The molecule has 0 radical (unpaired) electrons. The van der Waals surface area contributed by atoms with Crippen LogP contribution in [-0.4, -0.2) is 23.9 Å². The first-order valence-electron chi connectivity index (χ1n) is 9.22. The fourth-order valence-electron chi connectivity index (χ4n) is 4.16. The lowest BCUT2D eigenvalue weighted by atomic mass is 9.77. The summed E-state index contributed by atoms with van der Waals surface area (Å²) in [5, 5.41) is 0. The van der Waals surface area contributed by atoms with Gasteiger partial charge in [0.1, 0.15) is 0 Å². The summed E-state index contributed by atoms with van der Waals surface area (Å²) in [6.45, 7) is 4.16. The van der Waals surface area contributed by atoms with Crippen molar-refractivity contribution in [3.63, 3.8) is 0 Å². The highest BCUT2D eigenvalue weighted by Crippen LogP contribution is 2.38. The minimum absolute atomic E-state index is 0.281. The van der Waals surface area contributed by atoms with Crippen molar-refractivity contribution in [3.05, 3.63) is 34.9 Å². The van der Waals surface area contributed by atoms with E-state index in [4.69, 9.17) is 0 Å². The molecule has 1 aromatic rings. The maximum absolute atomic E-state index is 12.7. The van der Waals surface area contributed by atoms with Gasteiger partial charge in [0.15, 0.2) is 0 Å². The van der Waals surface area contributed by atoms with Gasteiger partial charge in [0.05, 0.1) is 0 Å². The first-order valence-corrected chi connectivity index (χ1v) is 9.22. The van der Waals surface area contributed by atoms with E-state index in [0.29, 0.717) is 5.92 Å². The van der Waals surface area contributed by atoms with E-state index in [1.807, 2.05) is 6.07 Å². The Hall–Kier alpha value is -1.31. The van der Waals surface area contributed by atoms with Crippen molar-refractivity contribution in [1.29, 1.82) is 0 Å². The summed E-state index contributed by atoms with van der Waals surface area (Å²) in [5.41, 5.74) is 3.82. The fourth-order valence-corrected chi connectivity index (χ4v) is 4.16. The van der Waals surface area contributed by atoms with Gasteiger partial charge >= 0.3 is 0 Å². The zero-order valence-electron chi connectivity index (χ0n) is 13.9. The molecule has 1 atom stereocenters. The molecule has 1 aliphatic heterocycles. The number of amides is 1. The second kappa shape index (κ2) is 7.30. The first-order chi connectivity index (χ1) is 10.8. The normalized spacial score (nSPS) is 20.1. The fraction of sp³-hybridized carbons (Fsp3) is 0.650. The van der Waals surface area contributed by atoms with Crippen LogP contribution in [0.15, 0.2) is 18.2 Å². The van der Waals surface area contributed by atoms with Crippen molar-refractivity contribution in [2.45, 2.75) is 70.6 Å². The van der Waals surface area contributed by atoms with Gasteiger partial charge in [-0.1, -0.05) is 51.2 Å². The average molecular weight is 299 g/mol. The highest BCUT2D eigenvalue weighted by molar-refractivity contribution is 5.97. The molecule has 2 nitrogen and oxygen atoms in total. The number of hydrogen-bond acceptors (Lipinski definition) is 1. The topological polar surface area (TPSA) is 20.3 Å². The third-order valence-electron chi connectivity index (χ3n) is 5.34. The largest absolute Gasteiger partial charge is 0.338 e. The molecule has 0 fully saturated rings. The molecular weight excluding hydrogens is 270 g/mol. The molecule has 1 aliphatic carbocycles. The van der Waals surface area contributed by atoms with Crippen LogP contribution in [0, 0.1) is 0 Å². The zero-order chi connectivity index (χ0) is 15.4. The van der Waals surface area contributed by atoms with Gasteiger partial charge in [0.25, 0.3) is 5.91 Å². The lowest BCUT2D eigenvalue weighted by molar-refractivity contribution is 0.0711. The van der Waals surface area contributed by atoms with Crippen LogP contribution in [0.25, 0.3) is 0 Å². The molecule has 2 aliphatic rings. The van der Waals surface area contributed by atoms with E-state index in [1.165, 1.54) is 56.1 Å². The lowest BCUT2D eigenvalue weighted by Gasteiger charge is -2.38. The van der Waals surface area contributed by atoms with Gasteiger partial charge in [-0.2, -0.15) is 0 Å². The molecule has 2 heteroatoms. The molecule has 120 valence electrons. The highest BCUT2D eigenvalue weighted by Gasteiger charge is 2.33. The molecule has 0 N–H and O–H groups in total. The molecule has 0 aromatic heterocycles. The van der Waals surface area contributed by atoms with E-state index < -0.39 is 0 Å². The number of nitrogens with zero attached hydrogens (tertiary/aromatic N) is 1. The predicted molar refractivity (Wildman–Crippen MR) is 91.4 cm³/mol. The van der Waals surface area contributed by atoms with Crippen molar-refractivity contribution in [2.24, 2.45) is 0 Å². The van der Waals surface area contributed by atoms with Crippen LogP contribution in [0.3, 0.4) is 0 Å². The zero-order valence-corrected chi connectivity index (χ0v) is 13.9. The van der Waals surface area contributed by atoms with E-state index in [9.17, 15) is 4.79 Å². The second-order valence-corrected chi connectivity index (χ2v) is 6.99. The maximum Gasteiger partial charge on any atom is 0.254 e. The average Bonchev–Trinajstić information content (AvgIpc) is 2.55. The number of carbonyl (C=O) groups is 1. The van der Waals surface area contributed by atoms with Gasteiger partial charge in [-0.15, -0.1) is 0 Å². The van der Waals surface area contributed by atoms with Gasteiger partial charge in [-0.3, -0.25) is 4.79 Å². The molecule has 1 heterocycles. The van der Waals surface area contributed by atoms with Crippen LogP contribution >= 0.6 is 0 Å². The molecule has 0 saturated heterocycles. The molecule has 1 aromatic carbocycles. The number of hydrogen-bond donors (Lipinski definition) is 0. The summed E-state index contributed by atoms with van der Waals surface area (Å²) in [4.78, 5) is 14.9. The summed E-state index contributed by atoms with van der Waals surface area (Å²) in [7, 11) is 0. The predicted octanol–water partition coefficient (Wildman–Crippen LogP) is 4.92. The molecule has 3 rings (SSSR count). The Morgan fingerprint density at radius 3 is 2.82 bits per heavy atom. The van der Waals surface area contributed by atoms with E-state index in [2.05, 4.69) is 24.0 Å². The number of aryl methyl sites for hydroxylation is 1. The number of rotatable bonds is 7. The van der Waals surface area contributed by atoms with Crippen LogP contribution in [0.4, 0.5) is 0 Å². The Bertz CT molecular complexity index is 522. The van der Waals surface area contributed by atoms with Gasteiger partial charge in [-0.25, -0.2) is 0 Å². The minimum atomic E-state index is 0.281. The molecule has 0 saturated carbocycles. The van der Waals surface area contributed by atoms with Crippen LogP contribution in [0.2, 0.25) is 0 Å². The summed E-state index contributed by atoms with van der Waals surface area (Å²) < 4.78 is 0. The van der Waals surface area contributed by atoms with E-state index in [1.54, 1.807) is 0 Å². The highest BCUT2D eigenvalue weighted by atomic mass is 16.2. The van der Waals surface area contributed by atoms with E-state index >= 15 is 0 Å². The van der Waals surface area contributed by atoms with Crippen LogP contribution in [0.1, 0.15) is 85.7 Å². The Labute approximate surface area is 134 Å². The third kappa shape index (κ3) is 3.21. The van der Waals surface area contributed by atoms with Crippen LogP contribution in [-0.2, 0) is 6.42 Å². The Morgan fingerprint density at radius 1 is 1.14 bits per heavy atom. The molecular formula is C20H29NO. The van der Waals surface area contributed by atoms with Crippen molar-refractivity contribution >= 4 is 5.91 Å². The number of benzene rings is 1. The SMILES string of the molecule is CCCCCCCCN1CC2CCCc3cccc(c32)C1=O. The lowest BCUT2D eigenvalue weighted by Crippen LogP contribution is -2.41. The van der Waals surface area contributed by atoms with Crippen LogP contribution in [0.5, 0.6) is 0 Å². The number of unbranched alkanes of at least 4 members (excludes halogenated alkanes) is 5. The molecule has 1 amide bonds. The van der Waals surface area contributed by atoms with Crippen molar-refractivity contribution < 1.29 is 4.79 Å². The van der Waals surface area contributed by atoms with E-state index in [0.717, 1.165) is 31.5 Å². The molecule has 22 heavy (non-hydrogen) atoms. The summed E-state index contributed by atoms with van der Waals surface area (Å²) in [6, 6.07) is 6.34. The number of carbonyl (C=O) groups excluding carboxylic acids is 1. The summed E-state index contributed by atoms with van der Waals surface area (Å²) >= 11 is 0. The monoisotopic (exact) mass is 299 g/mol. The van der Waals surface area contributed by atoms with Crippen molar-refractivity contribution in [1.82, 2.24) is 4.90 Å². The second-order valence-electron chi connectivity index (χ2n) is 6.99. The molecule has 0 spiro atoms. The summed E-state index contributed by atoms with van der Waals surface area (Å²) in [6.07, 6.45) is 11.4. The molecule has 0 bridgehead atoms. The Kier molecular flexibility index (Phi) is 5.17. The quantitative estimate of drug-likeness (QED) is 0.654. The van der Waals surface area contributed by atoms with Crippen molar-refractivity contribution in [3.8, 4) is 0 Å². The third-order valence-corrected chi connectivity index (χ3v) is 5.34. The standard InChI is InChI=1S/C20H29NO/c1-2-3-4-5-6-7-14-21-15-17-12-8-10-16-11-9-13-18(19(16)17)20(21)22/h9,11,13,17H,2-8,10,12,14-15H2,1H3. The Balaban J connectivity index is 1.60. The maximum atomic E-state index is 12.7. The Morgan fingerprint density at radius 2 is 1.95 bits per heavy atom. The smallest absolute Gasteiger partial charge is 0.254 e. The van der Waals surface area contributed by atoms with Gasteiger partial charge in [-0.05, 0) is 42.9 Å². The van der Waals surface area contributed by atoms with E-state index in [-0.39, 0.29) is 5.91 Å². The minimum Gasteiger partial charge on any atom is -0.338 e. The van der Waals surface area contributed by atoms with Gasteiger partial charge in [0.2, 0.25) is 0 Å². The molecule has 1 unspecified atom stereocenters. The first kappa shape index (κ1) is 15.6.